The van der Waals surface area contributed by atoms with Gasteiger partial charge in [-0.3, -0.25) is 0 Å². The van der Waals surface area contributed by atoms with Crippen LogP contribution >= 0.6 is 22.9 Å². The highest BCUT2D eigenvalue weighted by atomic mass is 35.5. The van der Waals surface area contributed by atoms with Crippen molar-refractivity contribution in [3.8, 4) is 16.3 Å². The summed E-state index contributed by atoms with van der Waals surface area (Å²) in [6.07, 6.45) is 0. The average molecular weight is 325 g/mol. The molecule has 1 aromatic carbocycles. The molecule has 114 valence electrons. The van der Waals surface area contributed by atoms with E-state index in [-0.39, 0.29) is 5.41 Å². The van der Waals surface area contributed by atoms with Crippen molar-refractivity contribution in [2.75, 3.05) is 14.2 Å². The van der Waals surface area contributed by atoms with Crippen molar-refractivity contribution in [2.24, 2.45) is 0 Å². The molecule has 1 aromatic heterocycles. The number of methoxy groups -OCH3 is 1. The number of hydrogen-bond donors (Lipinski definition) is 1. The quantitative estimate of drug-likeness (QED) is 0.899. The van der Waals surface area contributed by atoms with Gasteiger partial charge in [-0.1, -0.05) is 32.4 Å². The summed E-state index contributed by atoms with van der Waals surface area (Å²) in [5, 5.41) is 4.85. The van der Waals surface area contributed by atoms with Crippen molar-refractivity contribution < 1.29 is 4.74 Å². The smallest absolute Gasteiger partial charge is 0.130 e. The number of halogens is 1. The minimum absolute atomic E-state index is 0.0145. The second-order valence-electron chi connectivity index (χ2n) is 5.92. The number of ether oxygens (including phenoxy) is 1. The van der Waals surface area contributed by atoms with E-state index in [1.807, 2.05) is 25.2 Å². The lowest BCUT2D eigenvalue weighted by Crippen LogP contribution is -2.16. The maximum atomic E-state index is 6.03. The lowest BCUT2D eigenvalue weighted by Gasteiger charge is -2.17. The van der Waals surface area contributed by atoms with Crippen LogP contribution < -0.4 is 10.1 Å². The van der Waals surface area contributed by atoms with E-state index in [1.54, 1.807) is 18.4 Å². The van der Waals surface area contributed by atoms with Crippen molar-refractivity contribution in [2.45, 2.75) is 32.7 Å². The van der Waals surface area contributed by atoms with E-state index in [1.165, 1.54) is 4.88 Å². The largest absolute Gasteiger partial charge is 0.496 e. The predicted molar refractivity (Wildman–Crippen MR) is 90.6 cm³/mol. The van der Waals surface area contributed by atoms with Crippen LogP contribution in [0.4, 0.5) is 0 Å². The number of benzene rings is 1. The zero-order chi connectivity index (χ0) is 15.6. The molecule has 0 saturated heterocycles. The molecule has 21 heavy (non-hydrogen) atoms. The minimum atomic E-state index is 0.0145. The minimum Gasteiger partial charge on any atom is -0.496 e. The highest BCUT2D eigenvalue weighted by molar-refractivity contribution is 7.15. The van der Waals surface area contributed by atoms with E-state index >= 15 is 0 Å². The first-order valence-corrected chi connectivity index (χ1v) is 8.05. The Balaban J connectivity index is 2.55. The van der Waals surface area contributed by atoms with Crippen molar-refractivity contribution in [3.63, 3.8) is 0 Å². The third-order valence-electron chi connectivity index (χ3n) is 3.14. The topological polar surface area (TPSA) is 34.1 Å². The Morgan fingerprint density at radius 3 is 2.62 bits per heavy atom. The van der Waals surface area contributed by atoms with Crippen LogP contribution in [0.3, 0.4) is 0 Å². The van der Waals surface area contributed by atoms with Crippen LogP contribution in [0, 0.1) is 0 Å². The summed E-state index contributed by atoms with van der Waals surface area (Å²) in [5.74, 6) is 0.757. The van der Waals surface area contributed by atoms with Gasteiger partial charge in [0.1, 0.15) is 10.8 Å². The van der Waals surface area contributed by atoms with Crippen LogP contribution in [0.1, 0.15) is 31.3 Å². The summed E-state index contributed by atoms with van der Waals surface area (Å²) >= 11 is 7.74. The van der Waals surface area contributed by atoms with Gasteiger partial charge in [-0.25, -0.2) is 4.98 Å². The standard InChI is InChI=1S/C16H21ClN2OS/c1-16(2,3)14-13(9-18-4)21-15(19-14)11-7-6-10(17)8-12(11)20-5/h6-8,18H,9H2,1-5H3. The normalized spacial score (nSPS) is 11.7. The number of nitrogens with zero attached hydrogens (tertiary/aromatic N) is 1. The van der Waals surface area contributed by atoms with Crippen LogP contribution in [0.15, 0.2) is 18.2 Å². The summed E-state index contributed by atoms with van der Waals surface area (Å²) in [5.41, 5.74) is 2.13. The number of aromatic nitrogens is 1. The summed E-state index contributed by atoms with van der Waals surface area (Å²) in [7, 11) is 3.61. The summed E-state index contributed by atoms with van der Waals surface area (Å²) < 4.78 is 5.44. The molecule has 1 heterocycles. The Morgan fingerprint density at radius 2 is 2.05 bits per heavy atom. The number of hydrogen-bond acceptors (Lipinski definition) is 4. The van der Waals surface area contributed by atoms with Gasteiger partial charge in [0.2, 0.25) is 0 Å². The highest BCUT2D eigenvalue weighted by Gasteiger charge is 2.24. The average Bonchev–Trinajstić information content (AvgIpc) is 2.83. The SMILES string of the molecule is CNCc1sc(-c2ccc(Cl)cc2OC)nc1C(C)(C)C. The lowest BCUT2D eigenvalue weighted by molar-refractivity contribution is 0.416. The van der Waals surface area contributed by atoms with Crippen molar-refractivity contribution in [3.05, 3.63) is 33.8 Å². The van der Waals surface area contributed by atoms with Crippen LogP contribution in [0.5, 0.6) is 5.75 Å². The number of nitrogens with one attached hydrogen (secondary N) is 1. The third kappa shape index (κ3) is 3.57. The number of thiazole rings is 1. The fraction of sp³-hybridized carbons (Fsp3) is 0.438. The molecule has 3 nitrogen and oxygen atoms in total. The molecule has 0 aliphatic rings. The van der Waals surface area contributed by atoms with Crippen molar-refractivity contribution in [1.82, 2.24) is 10.3 Å². The Morgan fingerprint density at radius 1 is 1.33 bits per heavy atom. The third-order valence-corrected chi connectivity index (χ3v) is 4.46. The highest BCUT2D eigenvalue weighted by Crippen LogP contribution is 2.39. The van der Waals surface area contributed by atoms with Gasteiger partial charge in [-0.05, 0) is 25.2 Å². The van der Waals surface area contributed by atoms with Gasteiger partial charge in [-0.2, -0.15) is 0 Å². The molecule has 0 spiro atoms. The Bertz CT molecular complexity index is 632. The van der Waals surface area contributed by atoms with E-state index in [2.05, 4.69) is 26.1 Å². The van der Waals surface area contributed by atoms with Gasteiger partial charge >= 0.3 is 0 Å². The van der Waals surface area contributed by atoms with E-state index in [9.17, 15) is 0 Å². The maximum Gasteiger partial charge on any atom is 0.130 e. The van der Waals surface area contributed by atoms with E-state index in [0.717, 1.165) is 28.6 Å². The van der Waals surface area contributed by atoms with Crippen molar-refractivity contribution in [1.29, 1.82) is 0 Å². The summed E-state index contributed by atoms with van der Waals surface area (Å²) in [6.45, 7) is 7.37. The first kappa shape index (κ1) is 16.3. The van der Waals surface area contributed by atoms with Crippen molar-refractivity contribution >= 4 is 22.9 Å². The molecule has 0 fully saturated rings. The Hall–Kier alpha value is -1.10. The molecule has 0 radical (unpaired) electrons. The molecule has 2 rings (SSSR count). The summed E-state index contributed by atoms with van der Waals surface area (Å²) in [4.78, 5) is 6.13. The first-order chi connectivity index (χ1) is 9.86. The van der Waals surface area contributed by atoms with Gasteiger partial charge in [0, 0.05) is 21.9 Å². The Labute approximate surface area is 135 Å². The zero-order valence-electron chi connectivity index (χ0n) is 13.1. The molecule has 0 aliphatic carbocycles. The monoisotopic (exact) mass is 324 g/mol. The fourth-order valence-corrected chi connectivity index (χ4v) is 3.65. The molecule has 0 unspecified atom stereocenters. The van der Waals surface area contributed by atoms with Crippen LogP contribution in [-0.4, -0.2) is 19.1 Å². The van der Waals surface area contributed by atoms with E-state index in [0.29, 0.717) is 5.02 Å². The molecule has 0 bridgehead atoms. The van der Waals surface area contributed by atoms with Crippen LogP contribution in [0.25, 0.3) is 10.6 Å². The molecule has 0 amide bonds. The van der Waals surface area contributed by atoms with Gasteiger partial charge in [0.15, 0.2) is 0 Å². The van der Waals surface area contributed by atoms with Crippen LogP contribution in [-0.2, 0) is 12.0 Å². The van der Waals surface area contributed by atoms with Gasteiger partial charge in [0.25, 0.3) is 0 Å². The van der Waals surface area contributed by atoms with Gasteiger partial charge in [0.05, 0.1) is 18.4 Å². The first-order valence-electron chi connectivity index (χ1n) is 6.85. The van der Waals surface area contributed by atoms with E-state index in [4.69, 9.17) is 21.3 Å². The maximum absolute atomic E-state index is 6.03. The fourth-order valence-electron chi connectivity index (χ4n) is 2.18. The number of rotatable bonds is 4. The molecule has 1 N–H and O–H groups in total. The molecule has 0 saturated carbocycles. The van der Waals surface area contributed by atoms with Gasteiger partial charge < -0.3 is 10.1 Å². The molecular formula is C16H21ClN2OS. The molecular weight excluding hydrogens is 304 g/mol. The second kappa shape index (κ2) is 6.34. The lowest BCUT2D eigenvalue weighted by atomic mass is 9.91. The van der Waals surface area contributed by atoms with Crippen LogP contribution in [0.2, 0.25) is 5.02 Å². The predicted octanol–water partition coefficient (Wildman–Crippen LogP) is 4.49. The molecule has 0 atom stereocenters. The molecule has 5 heteroatoms. The van der Waals surface area contributed by atoms with Gasteiger partial charge in [-0.15, -0.1) is 11.3 Å². The Kier molecular flexibility index (Phi) is 4.91. The molecule has 0 aliphatic heterocycles. The molecule has 2 aromatic rings. The summed E-state index contributed by atoms with van der Waals surface area (Å²) in [6, 6.07) is 5.66. The second-order valence-corrected chi connectivity index (χ2v) is 7.44. The van der Waals surface area contributed by atoms with E-state index < -0.39 is 0 Å². The zero-order valence-corrected chi connectivity index (χ0v) is 14.7.